The van der Waals surface area contributed by atoms with Crippen molar-refractivity contribution in [1.29, 1.82) is 0 Å². The van der Waals surface area contributed by atoms with Gasteiger partial charge in [-0.3, -0.25) is 0 Å². The third-order valence-corrected chi connectivity index (χ3v) is 2.73. The van der Waals surface area contributed by atoms with E-state index in [1.807, 2.05) is 29.2 Å². The summed E-state index contributed by atoms with van der Waals surface area (Å²) in [6, 6.07) is -0.410. The van der Waals surface area contributed by atoms with Crippen LogP contribution in [0, 0.1) is 0 Å². The number of carboxylic acids is 1. The van der Waals surface area contributed by atoms with Gasteiger partial charge in [0.15, 0.2) is 0 Å². The molecule has 0 aromatic rings. The molecule has 0 spiro atoms. The smallest absolute Gasteiger partial charge is 0.326 e. The van der Waals surface area contributed by atoms with Gasteiger partial charge in [0.25, 0.3) is 0 Å². The van der Waals surface area contributed by atoms with Gasteiger partial charge in [-0.2, -0.15) is 0 Å². The van der Waals surface area contributed by atoms with E-state index in [4.69, 9.17) is 10.8 Å². The number of hydrogen-bond acceptors (Lipinski definition) is 3. The molecule has 1 heterocycles. The van der Waals surface area contributed by atoms with E-state index in [0.29, 0.717) is 12.1 Å². The standard InChI is InChI=1S/C12H14N2O2/c13-9-4-2-1-3-5-10(8-9)14-7-6-11(14)12(15)16/h1-5,8,11H,6-7,13H2,(H,15,16). The number of carbonyl (C=O) groups is 1. The molecule has 1 aliphatic carbocycles. The highest BCUT2D eigenvalue weighted by molar-refractivity contribution is 5.75. The van der Waals surface area contributed by atoms with E-state index in [0.717, 1.165) is 12.2 Å². The van der Waals surface area contributed by atoms with E-state index in [9.17, 15) is 4.79 Å². The molecule has 0 aromatic heterocycles. The molecule has 0 radical (unpaired) electrons. The van der Waals surface area contributed by atoms with Crippen LogP contribution < -0.4 is 5.73 Å². The average Bonchev–Trinajstić information content (AvgIpc) is 2.10. The highest BCUT2D eigenvalue weighted by Crippen LogP contribution is 2.25. The van der Waals surface area contributed by atoms with Gasteiger partial charge in [0.05, 0.1) is 0 Å². The average molecular weight is 218 g/mol. The van der Waals surface area contributed by atoms with E-state index >= 15 is 0 Å². The molecule has 84 valence electrons. The maximum absolute atomic E-state index is 10.9. The van der Waals surface area contributed by atoms with E-state index in [-0.39, 0.29) is 0 Å². The Morgan fingerprint density at radius 1 is 1.44 bits per heavy atom. The molecule has 2 rings (SSSR count). The monoisotopic (exact) mass is 218 g/mol. The van der Waals surface area contributed by atoms with E-state index in [2.05, 4.69) is 0 Å². The molecule has 4 heteroatoms. The lowest BCUT2D eigenvalue weighted by Crippen LogP contribution is -2.51. The van der Waals surface area contributed by atoms with E-state index in [1.165, 1.54) is 0 Å². The van der Waals surface area contributed by atoms with Crippen LogP contribution in [0.25, 0.3) is 0 Å². The van der Waals surface area contributed by atoms with Crippen molar-refractivity contribution in [3.05, 3.63) is 47.9 Å². The Labute approximate surface area is 94.0 Å². The minimum absolute atomic E-state index is 0.410. The first-order chi connectivity index (χ1) is 7.68. The van der Waals surface area contributed by atoms with Gasteiger partial charge in [0.1, 0.15) is 6.04 Å². The van der Waals surface area contributed by atoms with Crippen LogP contribution in [-0.4, -0.2) is 28.6 Å². The summed E-state index contributed by atoms with van der Waals surface area (Å²) in [5.74, 6) is -0.777. The molecule has 0 aromatic carbocycles. The van der Waals surface area contributed by atoms with Gasteiger partial charge in [-0.05, 0) is 24.6 Å². The number of rotatable bonds is 2. The molecule has 1 fully saturated rings. The third-order valence-electron chi connectivity index (χ3n) is 2.73. The molecular formula is C12H14N2O2. The molecule has 4 nitrogen and oxygen atoms in total. The van der Waals surface area contributed by atoms with Crippen LogP contribution >= 0.6 is 0 Å². The zero-order valence-electron chi connectivity index (χ0n) is 8.84. The van der Waals surface area contributed by atoms with E-state index in [1.54, 1.807) is 12.2 Å². The molecule has 0 amide bonds. The number of nitrogens with zero attached hydrogens (tertiary/aromatic N) is 1. The second kappa shape index (κ2) is 4.26. The van der Waals surface area contributed by atoms with Gasteiger partial charge in [-0.1, -0.05) is 18.2 Å². The maximum Gasteiger partial charge on any atom is 0.326 e. The summed E-state index contributed by atoms with van der Waals surface area (Å²) in [6.45, 7) is 0.768. The van der Waals surface area contributed by atoms with Gasteiger partial charge in [-0.15, -0.1) is 0 Å². The van der Waals surface area contributed by atoms with Gasteiger partial charge < -0.3 is 15.7 Å². The second-order valence-corrected chi connectivity index (χ2v) is 3.82. The Morgan fingerprint density at radius 3 is 2.88 bits per heavy atom. The molecule has 1 saturated heterocycles. The molecule has 0 bridgehead atoms. The number of carboxylic acid groups (broad SMARTS) is 1. The van der Waals surface area contributed by atoms with Crippen LogP contribution in [0.3, 0.4) is 0 Å². The molecule has 16 heavy (non-hydrogen) atoms. The van der Waals surface area contributed by atoms with Crippen LogP contribution in [-0.2, 0) is 4.79 Å². The van der Waals surface area contributed by atoms with Gasteiger partial charge in [-0.25, -0.2) is 4.79 Å². The summed E-state index contributed by atoms with van der Waals surface area (Å²) in [5, 5.41) is 8.97. The quantitative estimate of drug-likeness (QED) is 0.725. The first-order valence-corrected chi connectivity index (χ1v) is 5.20. The van der Waals surface area contributed by atoms with Crippen molar-refractivity contribution >= 4 is 5.97 Å². The SMILES string of the molecule is NC1=CC=CC=CC(N2CCC2C(=O)O)=C1. The highest BCUT2D eigenvalue weighted by atomic mass is 16.4. The normalized spacial score (nSPS) is 24.0. The highest BCUT2D eigenvalue weighted by Gasteiger charge is 2.34. The second-order valence-electron chi connectivity index (χ2n) is 3.82. The Balaban J connectivity index is 2.20. The lowest BCUT2D eigenvalue weighted by Gasteiger charge is -2.40. The maximum atomic E-state index is 10.9. The summed E-state index contributed by atoms with van der Waals surface area (Å²) in [5.41, 5.74) is 7.25. The fourth-order valence-electron chi connectivity index (χ4n) is 1.78. The lowest BCUT2D eigenvalue weighted by molar-refractivity contribution is -0.146. The van der Waals surface area contributed by atoms with Crippen LogP contribution in [0.2, 0.25) is 0 Å². The predicted molar refractivity (Wildman–Crippen MR) is 61.4 cm³/mol. The van der Waals surface area contributed by atoms with Crippen molar-refractivity contribution in [3.8, 4) is 0 Å². The number of aliphatic carboxylic acids is 1. The zero-order valence-corrected chi connectivity index (χ0v) is 8.84. The zero-order chi connectivity index (χ0) is 11.5. The molecule has 2 aliphatic rings. The van der Waals surface area contributed by atoms with Crippen LogP contribution in [0.15, 0.2) is 47.9 Å². The van der Waals surface area contributed by atoms with Crippen molar-refractivity contribution in [2.75, 3.05) is 6.54 Å². The van der Waals surface area contributed by atoms with Gasteiger partial charge >= 0.3 is 5.97 Å². The van der Waals surface area contributed by atoms with Gasteiger partial charge in [0.2, 0.25) is 0 Å². The number of allylic oxidation sites excluding steroid dienone is 6. The van der Waals surface area contributed by atoms with Crippen molar-refractivity contribution in [1.82, 2.24) is 4.90 Å². The Morgan fingerprint density at radius 2 is 2.25 bits per heavy atom. The largest absolute Gasteiger partial charge is 0.480 e. The fourth-order valence-corrected chi connectivity index (χ4v) is 1.78. The van der Waals surface area contributed by atoms with Crippen LogP contribution in [0.5, 0.6) is 0 Å². The number of hydrogen-bond donors (Lipinski definition) is 2. The Bertz CT molecular complexity index is 419. The molecular weight excluding hydrogens is 204 g/mol. The van der Waals surface area contributed by atoms with Crippen molar-refractivity contribution < 1.29 is 9.90 Å². The number of likely N-dealkylation sites (tertiary alicyclic amines) is 1. The first kappa shape index (κ1) is 10.5. The summed E-state index contributed by atoms with van der Waals surface area (Å²) in [7, 11) is 0. The van der Waals surface area contributed by atoms with Crippen LogP contribution in [0.1, 0.15) is 6.42 Å². The van der Waals surface area contributed by atoms with Crippen LogP contribution in [0.4, 0.5) is 0 Å². The number of nitrogens with two attached hydrogens (primary N) is 1. The van der Waals surface area contributed by atoms with Crippen molar-refractivity contribution in [2.24, 2.45) is 5.73 Å². The lowest BCUT2D eigenvalue weighted by atomic mass is 10.0. The predicted octanol–water partition coefficient (Wildman–Crippen LogP) is 0.998. The Hall–Kier alpha value is -1.97. The van der Waals surface area contributed by atoms with E-state index < -0.39 is 12.0 Å². The van der Waals surface area contributed by atoms with Crippen molar-refractivity contribution in [3.63, 3.8) is 0 Å². The minimum atomic E-state index is -0.777. The summed E-state index contributed by atoms with van der Waals surface area (Å²) in [6.07, 6.45) is 11.8. The van der Waals surface area contributed by atoms with Gasteiger partial charge in [0, 0.05) is 17.9 Å². The Kier molecular flexibility index (Phi) is 2.81. The molecule has 1 atom stereocenters. The molecule has 1 unspecified atom stereocenters. The first-order valence-electron chi connectivity index (χ1n) is 5.20. The van der Waals surface area contributed by atoms with Crippen molar-refractivity contribution in [2.45, 2.75) is 12.5 Å². The third kappa shape index (κ3) is 2.00. The summed E-state index contributed by atoms with van der Waals surface area (Å²) in [4.78, 5) is 12.8. The molecule has 0 saturated carbocycles. The topological polar surface area (TPSA) is 66.6 Å². The summed E-state index contributed by atoms with van der Waals surface area (Å²) < 4.78 is 0. The molecule has 1 aliphatic heterocycles. The minimum Gasteiger partial charge on any atom is -0.480 e. The molecule has 3 N–H and O–H groups in total. The fraction of sp³-hybridized carbons (Fsp3) is 0.250. The summed E-state index contributed by atoms with van der Waals surface area (Å²) >= 11 is 0.